The van der Waals surface area contributed by atoms with Crippen molar-refractivity contribution in [1.29, 1.82) is 0 Å². The van der Waals surface area contributed by atoms with Crippen LogP contribution in [-0.2, 0) is 0 Å². The van der Waals surface area contributed by atoms with E-state index in [1.165, 1.54) is 0 Å². The van der Waals surface area contributed by atoms with Crippen LogP contribution in [0.3, 0.4) is 0 Å². The van der Waals surface area contributed by atoms with E-state index in [9.17, 15) is 5.11 Å². The van der Waals surface area contributed by atoms with Crippen molar-refractivity contribution in [2.24, 2.45) is 17.6 Å². The number of aliphatic hydroxyl groups excluding tert-OH is 2. The molecule has 3 heteroatoms. The summed E-state index contributed by atoms with van der Waals surface area (Å²) in [7, 11) is 0. The highest BCUT2D eigenvalue weighted by atomic mass is 16.3. The van der Waals surface area contributed by atoms with Crippen molar-refractivity contribution in [3.05, 3.63) is 12.2 Å². The fourth-order valence-corrected chi connectivity index (χ4v) is 1.77. The van der Waals surface area contributed by atoms with E-state index in [4.69, 9.17) is 10.8 Å². The summed E-state index contributed by atoms with van der Waals surface area (Å²) >= 11 is 0. The fraction of sp³-hybridized carbons (Fsp3) is 0.778. The molecule has 1 aliphatic carbocycles. The maximum absolute atomic E-state index is 9.44. The van der Waals surface area contributed by atoms with Crippen molar-refractivity contribution in [1.82, 2.24) is 0 Å². The van der Waals surface area contributed by atoms with E-state index >= 15 is 0 Å². The monoisotopic (exact) mass is 171 g/mol. The lowest BCUT2D eigenvalue weighted by Gasteiger charge is -2.30. The third kappa shape index (κ3) is 2.06. The topological polar surface area (TPSA) is 66.5 Å². The molecular weight excluding hydrogens is 154 g/mol. The van der Waals surface area contributed by atoms with Crippen molar-refractivity contribution in [3.8, 4) is 0 Å². The Morgan fingerprint density at radius 3 is 2.67 bits per heavy atom. The van der Waals surface area contributed by atoms with Crippen LogP contribution >= 0.6 is 0 Å². The van der Waals surface area contributed by atoms with Gasteiger partial charge in [0.1, 0.15) is 0 Å². The van der Waals surface area contributed by atoms with Crippen LogP contribution in [-0.4, -0.2) is 29.5 Å². The van der Waals surface area contributed by atoms with Crippen LogP contribution in [0.2, 0.25) is 0 Å². The SMILES string of the molecule is NC[C@H]1CC=CC[C@@H]1[C@H](O)CO. The Kier molecular flexibility index (Phi) is 3.72. The number of rotatable bonds is 3. The van der Waals surface area contributed by atoms with Crippen LogP contribution in [0.4, 0.5) is 0 Å². The van der Waals surface area contributed by atoms with E-state index < -0.39 is 6.10 Å². The molecule has 0 saturated carbocycles. The first-order chi connectivity index (χ1) is 5.79. The standard InChI is InChI=1S/C9H17NO2/c10-5-7-3-1-2-4-8(7)9(12)6-11/h1-2,7-9,11-12H,3-6,10H2/t7-,8+,9-/m1/s1. The third-order valence-electron chi connectivity index (χ3n) is 2.60. The molecule has 70 valence electrons. The molecule has 0 aromatic heterocycles. The average Bonchev–Trinajstić information content (AvgIpc) is 2.16. The van der Waals surface area contributed by atoms with Gasteiger partial charge in [0.05, 0.1) is 12.7 Å². The second-order valence-corrected chi connectivity index (χ2v) is 3.35. The summed E-state index contributed by atoms with van der Waals surface area (Å²) < 4.78 is 0. The lowest BCUT2D eigenvalue weighted by atomic mass is 9.80. The molecule has 0 aromatic rings. The largest absolute Gasteiger partial charge is 0.394 e. The second kappa shape index (κ2) is 4.60. The molecule has 0 aliphatic heterocycles. The van der Waals surface area contributed by atoms with Crippen LogP contribution in [0, 0.1) is 11.8 Å². The molecule has 12 heavy (non-hydrogen) atoms. The molecule has 0 unspecified atom stereocenters. The van der Waals surface area contributed by atoms with E-state index in [1.807, 2.05) is 0 Å². The molecule has 0 bridgehead atoms. The van der Waals surface area contributed by atoms with Crippen LogP contribution < -0.4 is 5.73 Å². The summed E-state index contributed by atoms with van der Waals surface area (Å²) in [6.07, 6.45) is 5.30. The minimum Gasteiger partial charge on any atom is -0.394 e. The second-order valence-electron chi connectivity index (χ2n) is 3.35. The Balaban J connectivity index is 2.54. The minimum absolute atomic E-state index is 0.144. The highest BCUT2D eigenvalue weighted by Crippen LogP contribution is 2.27. The lowest BCUT2D eigenvalue weighted by molar-refractivity contribution is 0.0236. The van der Waals surface area contributed by atoms with E-state index in [1.54, 1.807) is 0 Å². The minimum atomic E-state index is -0.608. The van der Waals surface area contributed by atoms with Crippen molar-refractivity contribution in [2.75, 3.05) is 13.2 Å². The van der Waals surface area contributed by atoms with Crippen LogP contribution in [0.25, 0.3) is 0 Å². The Morgan fingerprint density at radius 2 is 2.08 bits per heavy atom. The van der Waals surface area contributed by atoms with Crippen LogP contribution in [0.5, 0.6) is 0 Å². The summed E-state index contributed by atoms with van der Waals surface area (Å²) in [5.41, 5.74) is 5.56. The molecule has 3 nitrogen and oxygen atoms in total. The van der Waals surface area contributed by atoms with E-state index in [0.717, 1.165) is 12.8 Å². The number of nitrogens with two attached hydrogens (primary N) is 1. The number of allylic oxidation sites excluding steroid dienone is 2. The van der Waals surface area contributed by atoms with Gasteiger partial charge in [-0.05, 0) is 31.2 Å². The Morgan fingerprint density at radius 1 is 1.42 bits per heavy atom. The van der Waals surface area contributed by atoms with Crippen LogP contribution in [0.1, 0.15) is 12.8 Å². The van der Waals surface area contributed by atoms with Gasteiger partial charge in [-0.3, -0.25) is 0 Å². The van der Waals surface area contributed by atoms with Gasteiger partial charge in [0.15, 0.2) is 0 Å². The maximum atomic E-state index is 9.44. The zero-order chi connectivity index (χ0) is 8.97. The zero-order valence-electron chi connectivity index (χ0n) is 7.19. The summed E-state index contributed by atoms with van der Waals surface area (Å²) in [6.45, 7) is 0.432. The summed E-state index contributed by atoms with van der Waals surface area (Å²) in [4.78, 5) is 0. The van der Waals surface area contributed by atoms with Gasteiger partial charge in [0.2, 0.25) is 0 Å². The number of hydrogen-bond acceptors (Lipinski definition) is 3. The van der Waals surface area contributed by atoms with Gasteiger partial charge in [-0.25, -0.2) is 0 Å². The highest BCUT2D eigenvalue weighted by molar-refractivity contribution is 4.96. The molecule has 1 rings (SSSR count). The molecule has 0 aromatic carbocycles. The van der Waals surface area contributed by atoms with Gasteiger partial charge in [-0.1, -0.05) is 12.2 Å². The predicted octanol–water partition coefficient (Wildman–Crippen LogP) is -0.119. The molecule has 0 radical (unpaired) electrons. The van der Waals surface area contributed by atoms with Crippen LogP contribution in [0.15, 0.2) is 12.2 Å². The third-order valence-corrected chi connectivity index (χ3v) is 2.60. The maximum Gasteiger partial charge on any atom is 0.0805 e. The number of hydrogen-bond donors (Lipinski definition) is 3. The molecular formula is C9H17NO2. The van der Waals surface area contributed by atoms with Crippen molar-refractivity contribution in [3.63, 3.8) is 0 Å². The Bertz CT molecular complexity index is 159. The number of aliphatic hydroxyl groups is 2. The molecule has 0 heterocycles. The molecule has 0 amide bonds. The Hall–Kier alpha value is -0.380. The van der Waals surface area contributed by atoms with E-state index in [0.29, 0.717) is 12.5 Å². The molecule has 1 aliphatic rings. The van der Waals surface area contributed by atoms with Crippen molar-refractivity contribution >= 4 is 0 Å². The van der Waals surface area contributed by atoms with Gasteiger partial charge in [-0.15, -0.1) is 0 Å². The first-order valence-corrected chi connectivity index (χ1v) is 4.43. The van der Waals surface area contributed by atoms with Crippen molar-refractivity contribution < 1.29 is 10.2 Å². The first kappa shape index (κ1) is 9.71. The lowest BCUT2D eigenvalue weighted by Crippen LogP contribution is -2.35. The smallest absolute Gasteiger partial charge is 0.0805 e. The van der Waals surface area contributed by atoms with Gasteiger partial charge in [0, 0.05) is 0 Å². The predicted molar refractivity (Wildman–Crippen MR) is 47.5 cm³/mol. The quantitative estimate of drug-likeness (QED) is 0.519. The fourth-order valence-electron chi connectivity index (χ4n) is 1.77. The molecule has 0 spiro atoms. The molecule has 4 N–H and O–H groups in total. The van der Waals surface area contributed by atoms with Gasteiger partial charge in [0.25, 0.3) is 0 Å². The molecule has 3 atom stereocenters. The van der Waals surface area contributed by atoms with Gasteiger partial charge >= 0.3 is 0 Å². The summed E-state index contributed by atoms with van der Waals surface area (Å²) in [5.74, 6) is 0.474. The molecule has 0 saturated heterocycles. The van der Waals surface area contributed by atoms with Gasteiger partial charge < -0.3 is 15.9 Å². The summed E-state index contributed by atoms with van der Waals surface area (Å²) in [6, 6.07) is 0. The average molecular weight is 171 g/mol. The van der Waals surface area contributed by atoms with Gasteiger partial charge in [-0.2, -0.15) is 0 Å². The Labute approximate surface area is 72.9 Å². The van der Waals surface area contributed by atoms with Crippen molar-refractivity contribution in [2.45, 2.75) is 18.9 Å². The summed E-state index contributed by atoms with van der Waals surface area (Å²) in [5, 5.41) is 18.2. The highest BCUT2D eigenvalue weighted by Gasteiger charge is 2.27. The zero-order valence-corrected chi connectivity index (χ0v) is 7.19. The van der Waals surface area contributed by atoms with E-state index in [-0.39, 0.29) is 12.5 Å². The molecule has 0 fully saturated rings. The van der Waals surface area contributed by atoms with E-state index in [2.05, 4.69) is 12.2 Å². The first-order valence-electron chi connectivity index (χ1n) is 4.43. The normalized spacial score (nSPS) is 31.9.